The van der Waals surface area contributed by atoms with E-state index >= 15 is 0 Å². The number of nitrogens with zero attached hydrogens (tertiary/aromatic N) is 3. The third-order valence-corrected chi connectivity index (χ3v) is 4.10. The van der Waals surface area contributed by atoms with Crippen LogP contribution in [-0.2, 0) is 16.1 Å². The minimum Gasteiger partial charge on any atom is -0.492 e. The normalized spacial score (nSPS) is 11.5. The van der Waals surface area contributed by atoms with Crippen LogP contribution in [-0.4, -0.2) is 50.1 Å². The molecule has 2 rings (SSSR count). The lowest BCUT2D eigenvalue weighted by Gasteiger charge is -2.17. The van der Waals surface area contributed by atoms with Crippen LogP contribution in [0.1, 0.15) is 6.92 Å². The van der Waals surface area contributed by atoms with Crippen LogP contribution >= 0.6 is 0 Å². The average Bonchev–Trinajstić information content (AvgIpc) is 2.74. The zero-order chi connectivity index (χ0) is 22.1. The van der Waals surface area contributed by atoms with Gasteiger partial charge < -0.3 is 20.5 Å². The van der Waals surface area contributed by atoms with Gasteiger partial charge in [0.05, 0.1) is 24.7 Å². The van der Waals surface area contributed by atoms with Crippen LogP contribution in [0.25, 0.3) is 10.8 Å². The first-order valence-corrected chi connectivity index (χ1v) is 9.00. The molecule has 0 saturated carbocycles. The zero-order valence-electron chi connectivity index (χ0n) is 16.8. The van der Waals surface area contributed by atoms with Crippen LogP contribution in [0, 0.1) is 0 Å². The molecule has 3 N–H and O–H groups in total. The number of hydrogen-bond donors (Lipinski definition) is 2. The number of ether oxygens (including phenoxy) is 2. The lowest BCUT2D eigenvalue weighted by Crippen LogP contribution is -2.26. The van der Waals surface area contributed by atoms with E-state index in [-0.39, 0.29) is 36.0 Å². The highest BCUT2D eigenvalue weighted by molar-refractivity contribution is 6.17. The van der Waals surface area contributed by atoms with E-state index < -0.39 is 5.91 Å². The number of carbonyl (C=O) groups is 2. The van der Waals surface area contributed by atoms with E-state index in [9.17, 15) is 14.4 Å². The van der Waals surface area contributed by atoms with Gasteiger partial charge in [-0.05, 0) is 31.8 Å². The summed E-state index contributed by atoms with van der Waals surface area (Å²) in [5.41, 5.74) is 5.12. The number of hydrogen-bond acceptors (Lipinski definition) is 8. The molecule has 0 radical (unpaired) electrons. The van der Waals surface area contributed by atoms with Gasteiger partial charge in [-0.15, -0.1) is 0 Å². The number of nitrogens with two attached hydrogens (primary N) is 1. The molecule has 0 spiro atoms. The second-order valence-corrected chi connectivity index (χ2v) is 5.83. The number of amides is 1. The number of carbonyl (C=O) groups excluding carboxylic acids is 2. The molecule has 2 aromatic rings. The molecule has 10 nitrogen and oxygen atoms in total. The predicted molar refractivity (Wildman–Crippen MR) is 116 cm³/mol. The summed E-state index contributed by atoms with van der Waals surface area (Å²) in [4.78, 5) is 43.7. The summed E-state index contributed by atoms with van der Waals surface area (Å²) >= 11 is 0. The summed E-state index contributed by atoms with van der Waals surface area (Å²) < 4.78 is 12.2. The molecule has 1 heterocycles. The molecule has 0 aliphatic carbocycles. The Bertz CT molecular complexity index is 1070. The van der Waals surface area contributed by atoms with E-state index in [0.717, 1.165) is 0 Å². The van der Waals surface area contributed by atoms with Crippen LogP contribution < -0.4 is 26.1 Å². The van der Waals surface area contributed by atoms with Crippen LogP contribution in [0.2, 0.25) is 0 Å². The maximum Gasteiger partial charge on any atom is 0.260 e. The van der Waals surface area contributed by atoms with Gasteiger partial charge in [-0.3, -0.25) is 28.9 Å². The van der Waals surface area contributed by atoms with Crippen molar-refractivity contribution in [3.63, 3.8) is 0 Å². The Kier molecular flexibility index (Phi) is 8.00. The second-order valence-electron chi connectivity index (χ2n) is 5.83. The van der Waals surface area contributed by atoms with Crippen molar-refractivity contribution in [2.24, 2.45) is 15.7 Å². The number of aldehydes is 1. The van der Waals surface area contributed by atoms with Gasteiger partial charge >= 0.3 is 0 Å². The molecule has 0 fully saturated rings. The Labute approximate surface area is 172 Å². The Morgan fingerprint density at radius 3 is 2.73 bits per heavy atom. The summed E-state index contributed by atoms with van der Waals surface area (Å²) in [6, 6.07) is 4.74. The van der Waals surface area contributed by atoms with Crippen LogP contribution in [0.3, 0.4) is 0 Å². The fourth-order valence-electron chi connectivity index (χ4n) is 2.83. The number of pyridine rings is 1. The average molecular weight is 413 g/mol. The molecule has 1 aromatic heterocycles. The standard InChI is InChI=1S/C20H23N5O5/c1-4-25-17(24-19(27)13(10-22-2)11-23-12-21)9-15-14(20(25)28)5-6-16(18(15)29-3)30-8-7-26/h5-7,9-11H,2,4,8,12,21H2,1,3H3,(H,24,27)/b13-10+,23-11-. The summed E-state index contributed by atoms with van der Waals surface area (Å²) in [5.74, 6) is 0.266. The molecule has 0 aliphatic rings. The number of rotatable bonds is 10. The van der Waals surface area contributed by atoms with E-state index in [1.165, 1.54) is 24.1 Å². The number of nitrogens with one attached hydrogen (secondary N) is 1. The lowest BCUT2D eigenvalue weighted by atomic mass is 10.1. The predicted octanol–water partition coefficient (Wildman–Crippen LogP) is 1.12. The molecular formula is C20H23N5O5. The van der Waals surface area contributed by atoms with Crippen molar-refractivity contribution in [3.8, 4) is 11.5 Å². The summed E-state index contributed by atoms with van der Waals surface area (Å²) in [5, 5.41) is 3.48. The summed E-state index contributed by atoms with van der Waals surface area (Å²) in [6.45, 7) is 5.25. The summed E-state index contributed by atoms with van der Waals surface area (Å²) in [6.07, 6.45) is 3.11. The van der Waals surface area contributed by atoms with Crippen molar-refractivity contribution in [3.05, 3.63) is 40.3 Å². The fraction of sp³-hybridized carbons (Fsp3) is 0.250. The molecule has 30 heavy (non-hydrogen) atoms. The molecular weight excluding hydrogens is 390 g/mol. The van der Waals surface area contributed by atoms with Gasteiger partial charge in [0.2, 0.25) is 0 Å². The maximum atomic E-state index is 13.0. The molecule has 0 aliphatic heterocycles. The number of aliphatic imine (C=N–C) groups is 2. The summed E-state index contributed by atoms with van der Waals surface area (Å²) in [7, 11) is 1.42. The number of methoxy groups -OCH3 is 1. The molecule has 0 bridgehead atoms. The molecule has 0 saturated heterocycles. The van der Waals surface area contributed by atoms with Gasteiger partial charge in [0.15, 0.2) is 17.8 Å². The SMILES string of the molecule is C=N/C=C(\C=N/CN)C(=O)Nc1cc2c(OC)c(OCC=O)ccc2c(=O)n1CC. The molecule has 0 atom stereocenters. The monoisotopic (exact) mass is 413 g/mol. The Balaban J connectivity index is 2.63. The Hall–Kier alpha value is -3.79. The van der Waals surface area contributed by atoms with Crippen molar-refractivity contribution < 1.29 is 19.1 Å². The zero-order valence-corrected chi connectivity index (χ0v) is 16.8. The Morgan fingerprint density at radius 1 is 1.37 bits per heavy atom. The van der Waals surface area contributed by atoms with E-state index in [1.807, 2.05) is 0 Å². The minimum absolute atomic E-state index is 0.00182. The second kappa shape index (κ2) is 10.7. The van der Waals surface area contributed by atoms with E-state index in [0.29, 0.717) is 29.4 Å². The lowest BCUT2D eigenvalue weighted by molar-refractivity contribution is -0.112. The van der Waals surface area contributed by atoms with Crippen molar-refractivity contribution in [1.29, 1.82) is 0 Å². The van der Waals surface area contributed by atoms with Crippen LogP contribution in [0.4, 0.5) is 5.82 Å². The maximum absolute atomic E-state index is 13.0. The first kappa shape index (κ1) is 22.5. The number of aromatic nitrogens is 1. The molecule has 1 aromatic carbocycles. The smallest absolute Gasteiger partial charge is 0.260 e. The third kappa shape index (κ3) is 4.78. The van der Waals surface area contributed by atoms with Gasteiger partial charge in [0, 0.05) is 24.3 Å². The van der Waals surface area contributed by atoms with Gasteiger partial charge in [-0.1, -0.05) is 0 Å². The van der Waals surface area contributed by atoms with Crippen LogP contribution in [0.5, 0.6) is 11.5 Å². The van der Waals surface area contributed by atoms with E-state index in [4.69, 9.17) is 15.2 Å². The van der Waals surface area contributed by atoms with Gasteiger partial charge in [0.25, 0.3) is 11.5 Å². The van der Waals surface area contributed by atoms with Gasteiger partial charge in [-0.2, -0.15) is 0 Å². The highest BCUT2D eigenvalue weighted by Gasteiger charge is 2.18. The Morgan fingerprint density at radius 2 is 2.13 bits per heavy atom. The number of benzene rings is 1. The van der Waals surface area contributed by atoms with Crippen LogP contribution in [0.15, 0.2) is 44.8 Å². The van der Waals surface area contributed by atoms with E-state index in [1.54, 1.807) is 25.1 Å². The van der Waals surface area contributed by atoms with Crippen molar-refractivity contribution in [1.82, 2.24) is 4.57 Å². The molecule has 0 unspecified atom stereocenters. The first-order valence-electron chi connectivity index (χ1n) is 9.00. The molecule has 158 valence electrons. The topological polar surface area (TPSA) is 137 Å². The van der Waals surface area contributed by atoms with Crippen molar-refractivity contribution in [2.45, 2.75) is 13.5 Å². The molecule has 10 heteroatoms. The van der Waals surface area contributed by atoms with Gasteiger partial charge in [0.1, 0.15) is 12.4 Å². The minimum atomic E-state index is -0.548. The first-order chi connectivity index (χ1) is 14.5. The highest BCUT2D eigenvalue weighted by atomic mass is 16.5. The van der Waals surface area contributed by atoms with Crippen molar-refractivity contribution >= 4 is 41.7 Å². The quantitative estimate of drug-likeness (QED) is 0.340. The fourth-order valence-corrected chi connectivity index (χ4v) is 2.83. The number of anilines is 1. The highest BCUT2D eigenvalue weighted by Crippen LogP contribution is 2.35. The number of fused-ring (bicyclic) bond motifs is 1. The third-order valence-electron chi connectivity index (χ3n) is 4.10. The molecule has 1 amide bonds. The van der Waals surface area contributed by atoms with Crippen molar-refractivity contribution in [2.75, 3.05) is 25.7 Å². The largest absolute Gasteiger partial charge is 0.492 e. The van der Waals surface area contributed by atoms with E-state index in [2.05, 4.69) is 22.0 Å². The van der Waals surface area contributed by atoms with Gasteiger partial charge in [-0.25, -0.2) is 0 Å².